The molecule has 0 saturated carbocycles. The van der Waals surface area contributed by atoms with Gasteiger partial charge in [-0.05, 0) is 20.3 Å². The molecular formula is C15H22N4O2. The van der Waals surface area contributed by atoms with Crippen LogP contribution in [0.4, 0.5) is 4.79 Å². The van der Waals surface area contributed by atoms with Gasteiger partial charge >= 0.3 is 11.7 Å². The number of urea groups is 1. The Bertz CT molecular complexity index is 581. The maximum absolute atomic E-state index is 11.9. The van der Waals surface area contributed by atoms with E-state index in [2.05, 4.69) is 11.9 Å². The summed E-state index contributed by atoms with van der Waals surface area (Å²) in [6, 6.07) is -0.234. The molecule has 0 atom stereocenters. The van der Waals surface area contributed by atoms with Crippen molar-refractivity contribution in [3.63, 3.8) is 0 Å². The molecule has 1 N–H and O–H groups in total. The van der Waals surface area contributed by atoms with E-state index in [1.54, 1.807) is 41.5 Å². The zero-order valence-corrected chi connectivity index (χ0v) is 12.5. The molecule has 114 valence electrons. The first-order valence-corrected chi connectivity index (χ1v) is 6.85. The molecule has 1 rings (SSSR count). The summed E-state index contributed by atoms with van der Waals surface area (Å²) in [7, 11) is 0. The highest BCUT2D eigenvalue weighted by molar-refractivity contribution is 5.76. The second-order valence-corrected chi connectivity index (χ2v) is 4.34. The number of nitrogens with one attached hydrogen (secondary N) is 1. The fourth-order valence-corrected chi connectivity index (χ4v) is 1.80. The lowest BCUT2D eigenvalue weighted by Crippen LogP contribution is -2.34. The molecule has 1 heterocycles. The van der Waals surface area contributed by atoms with Crippen LogP contribution in [-0.4, -0.2) is 26.6 Å². The molecule has 0 unspecified atom stereocenters. The number of amides is 2. The average molecular weight is 290 g/mol. The lowest BCUT2D eigenvalue weighted by Gasteiger charge is -2.17. The Balaban J connectivity index is 2.53. The third-order valence-electron chi connectivity index (χ3n) is 2.84. The van der Waals surface area contributed by atoms with E-state index in [0.717, 1.165) is 0 Å². The Morgan fingerprint density at radius 3 is 2.76 bits per heavy atom. The first kappa shape index (κ1) is 16.6. The molecule has 0 aliphatic heterocycles. The van der Waals surface area contributed by atoms with Crippen molar-refractivity contribution in [2.24, 2.45) is 0 Å². The lowest BCUT2D eigenvalue weighted by molar-refractivity contribution is 0.218. The molecule has 0 radical (unpaired) electrons. The summed E-state index contributed by atoms with van der Waals surface area (Å²) in [5.74, 6) is 0. The number of aromatic nitrogens is 2. The minimum Gasteiger partial charge on any atom is -0.315 e. The molecule has 6 nitrogen and oxygen atoms in total. The molecule has 0 aliphatic carbocycles. The highest BCUT2D eigenvalue weighted by Gasteiger charge is 2.08. The van der Waals surface area contributed by atoms with Crippen LogP contribution >= 0.6 is 0 Å². The second kappa shape index (κ2) is 8.63. The van der Waals surface area contributed by atoms with Gasteiger partial charge in [0.2, 0.25) is 0 Å². The molecule has 6 heteroatoms. The SMILES string of the molecule is C=CN(CCCn1ccn(/C=C\C)c1=O)C(=O)N/C=C/C. The summed E-state index contributed by atoms with van der Waals surface area (Å²) in [5, 5.41) is 2.62. The predicted molar refractivity (Wildman–Crippen MR) is 84.6 cm³/mol. The van der Waals surface area contributed by atoms with Crippen LogP contribution in [0.1, 0.15) is 20.3 Å². The third kappa shape index (κ3) is 4.83. The smallest absolute Gasteiger partial charge is 0.315 e. The summed E-state index contributed by atoms with van der Waals surface area (Å²) in [6.07, 6.45) is 12.4. The van der Waals surface area contributed by atoms with Gasteiger partial charge in [0.25, 0.3) is 0 Å². The van der Waals surface area contributed by atoms with Gasteiger partial charge in [0.05, 0.1) is 0 Å². The highest BCUT2D eigenvalue weighted by Crippen LogP contribution is 1.96. The zero-order valence-electron chi connectivity index (χ0n) is 12.5. The number of allylic oxidation sites excluding steroid dienone is 2. The molecular weight excluding hydrogens is 268 g/mol. The van der Waals surface area contributed by atoms with Crippen LogP contribution in [0.3, 0.4) is 0 Å². The van der Waals surface area contributed by atoms with Crippen molar-refractivity contribution in [3.05, 3.63) is 54.0 Å². The van der Waals surface area contributed by atoms with E-state index in [0.29, 0.717) is 19.5 Å². The second-order valence-electron chi connectivity index (χ2n) is 4.34. The van der Waals surface area contributed by atoms with Gasteiger partial charge in [-0.1, -0.05) is 18.7 Å². The number of aryl methyl sites for hydroxylation is 1. The summed E-state index contributed by atoms with van der Waals surface area (Å²) >= 11 is 0. The van der Waals surface area contributed by atoms with Gasteiger partial charge < -0.3 is 10.2 Å². The number of carbonyl (C=O) groups excluding carboxylic acids is 1. The molecule has 0 bridgehead atoms. The summed E-state index contributed by atoms with van der Waals surface area (Å²) in [5.41, 5.74) is -0.0865. The summed E-state index contributed by atoms with van der Waals surface area (Å²) in [6.45, 7) is 8.34. The summed E-state index contributed by atoms with van der Waals surface area (Å²) in [4.78, 5) is 25.2. The molecule has 0 fully saturated rings. The Labute approximate surface area is 124 Å². The Hall–Kier alpha value is -2.50. The standard InChI is InChI=1S/C15H22N4O2/c1-4-8-16-14(20)17(6-3)10-7-11-19-13-12-18(9-5-2)15(19)21/h4-6,8-9,12-13H,3,7,10-11H2,1-2H3,(H,16,20)/b8-4+,9-5-. The van der Waals surface area contributed by atoms with Gasteiger partial charge in [-0.3, -0.25) is 9.13 Å². The van der Waals surface area contributed by atoms with E-state index in [4.69, 9.17) is 0 Å². The number of hydrogen-bond donors (Lipinski definition) is 1. The molecule has 0 spiro atoms. The van der Waals surface area contributed by atoms with Gasteiger partial charge in [0.15, 0.2) is 0 Å². The van der Waals surface area contributed by atoms with E-state index in [1.807, 2.05) is 13.8 Å². The predicted octanol–water partition coefficient (Wildman–Crippen LogP) is 2.22. The highest BCUT2D eigenvalue weighted by atomic mass is 16.2. The van der Waals surface area contributed by atoms with Crippen LogP contribution < -0.4 is 11.0 Å². The fraction of sp³-hybridized carbons (Fsp3) is 0.333. The first-order chi connectivity index (χ1) is 10.1. The summed E-state index contributed by atoms with van der Waals surface area (Å²) < 4.78 is 3.13. The van der Waals surface area contributed by atoms with Crippen molar-refractivity contribution in [2.45, 2.75) is 26.8 Å². The number of imidazole rings is 1. The maximum Gasteiger partial charge on any atom is 0.332 e. The Morgan fingerprint density at radius 1 is 1.38 bits per heavy atom. The topological polar surface area (TPSA) is 59.3 Å². The van der Waals surface area contributed by atoms with Crippen molar-refractivity contribution in [1.82, 2.24) is 19.4 Å². The van der Waals surface area contributed by atoms with E-state index < -0.39 is 0 Å². The zero-order chi connectivity index (χ0) is 15.7. The number of hydrogen-bond acceptors (Lipinski definition) is 2. The molecule has 0 saturated heterocycles. The molecule has 1 aromatic rings. The first-order valence-electron chi connectivity index (χ1n) is 6.85. The van der Waals surface area contributed by atoms with Gasteiger partial charge in [-0.25, -0.2) is 9.59 Å². The van der Waals surface area contributed by atoms with Crippen molar-refractivity contribution >= 4 is 12.2 Å². The quantitative estimate of drug-likeness (QED) is 0.837. The van der Waals surface area contributed by atoms with Crippen molar-refractivity contribution < 1.29 is 4.79 Å². The van der Waals surface area contributed by atoms with Crippen LogP contribution in [0.25, 0.3) is 6.20 Å². The number of nitrogens with zero attached hydrogens (tertiary/aromatic N) is 3. The van der Waals surface area contributed by atoms with Gasteiger partial charge in [-0.2, -0.15) is 0 Å². The van der Waals surface area contributed by atoms with Crippen LogP contribution in [0.15, 0.2) is 48.3 Å². The average Bonchev–Trinajstić information content (AvgIpc) is 2.82. The van der Waals surface area contributed by atoms with E-state index in [9.17, 15) is 9.59 Å². The van der Waals surface area contributed by atoms with Gasteiger partial charge in [-0.15, -0.1) is 0 Å². The number of carbonyl (C=O) groups is 1. The molecule has 2 amide bonds. The number of rotatable bonds is 7. The minimum absolute atomic E-state index is 0.0865. The van der Waals surface area contributed by atoms with Crippen molar-refractivity contribution in [3.8, 4) is 0 Å². The van der Waals surface area contributed by atoms with Crippen molar-refractivity contribution in [2.75, 3.05) is 6.54 Å². The van der Waals surface area contributed by atoms with Crippen LogP contribution in [0.5, 0.6) is 0 Å². The van der Waals surface area contributed by atoms with E-state index in [-0.39, 0.29) is 11.7 Å². The molecule has 1 aromatic heterocycles. The molecule has 0 aromatic carbocycles. The monoisotopic (exact) mass is 290 g/mol. The fourth-order valence-electron chi connectivity index (χ4n) is 1.80. The Kier molecular flexibility index (Phi) is 6.80. The van der Waals surface area contributed by atoms with Crippen LogP contribution in [-0.2, 0) is 6.54 Å². The van der Waals surface area contributed by atoms with E-state index >= 15 is 0 Å². The van der Waals surface area contributed by atoms with Crippen LogP contribution in [0, 0.1) is 0 Å². The van der Waals surface area contributed by atoms with Crippen molar-refractivity contribution in [1.29, 1.82) is 0 Å². The molecule has 0 aliphatic rings. The van der Waals surface area contributed by atoms with E-state index in [1.165, 1.54) is 15.7 Å². The Morgan fingerprint density at radius 2 is 2.14 bits per heavy atom. The normalized spacial score (nSPS) is 11.1. The van der Waals surface area contributed by atoms with Gasteiger partial charge in [0, 0.05) is 44.1 Å². The third-order valence-corrected chi connectivity index (χ3v) is 2.84. The maximum atomic E-state index is 11.9. The lowest BCUT2D eigenvalue weighted by atomic mass is 10.4. The minimum atomic E-state index is -0.234. The largest absolute Gasteiger partial charge is 0.332 e. The van der Waals surface area contributed by atoms with Crippen LogP contribution in [0.2, 0.25) is 0 Å². The van der Waals surface area contributed by atoms with Gasteiger partial charge in [0.1, 0.15) is 0 Å². The molecule has 21 heavy (non-hydrogen) atoms.